The summed E-state index contributed by atoms with van der Waals surface area (Å²) in [4.78, 5) is 8.31. The molecule has 0 aliphatic heterocycles. The fourth-order valence-corrected chi connectivity index (χ4v) is 4.41. The maximum Gasteiger partial charge on any atom is 0.137 e. The van der Waals surface area contributed by atoms with Gasteiger partial charge in [0, 0.05) is 35.3 Å². The summed E-state index contributed by atoms with van der Waals surface area (Å²) in [6.45, 7) is 1.83. The van der Waals surface area contributed by atoms with Gasteiger partial charge in [-0.2, -0.15) is 5.10 Å². The average molecular weight is 405 g/mol. The Kier molecular flexibility index (Phi) is 5.20. The fraction of sp³-hybridized carbons (Fsp3) is 0.421. The van der Waals surface area contributed by atoms with Crippen LogP contribution in [0.5, 0.6) is 0 Å². The van der Waals surface area contributed by atoms with Crippen LogP contribution in [0.25, 0.3) is 0 Å². The summed E-state index contributed by atoms with van der Waals surface area (Å²) in [6.07, 6.45) is 8.87. The Bertz CT molecular complexity index is 944. The first-order chi connectivity index (χ1) is 13.5. The second kappa shape index (κ2) is 7.63. The first-order valence-electron chi connectivity index (χ1n) is 9.11. The summed E-state index contributed by atoms with van der Waals surface area (Å²) in [7, 11) is 0. The third-order valence-corrected chi connectivity index (χ3v) is 6.41. The van der Waals surface area contributed by atoms with Crippen molar-refractivity contribution in [3.8, 4) is 0 Å². The normalized spacial score (nSPS) is 17.4. The molecule has 0 radical (unpaired) electrons. The molecular formula is C19H21F2N5OS. The molecule has 28 heavy (non-hydrogen) atoms. The highest BCUT2D eigenvalue weighted by Crippen LogP contribution is 2.39. The molecule has 6 nitrogen and oxygen atoms in total. The van der Waals surface area contributed by atoms with Crippen LogP contribution in [0, 0.1) is 11.6 Å². The number of thioether (sulfide) groups is 1. The van der Waals surface area contributed by atoms with Gasteiger partial charge in [0.15, 0.2) is 0 Å². The second-order valence-corrected chi connectivity index (χ2v) is 8.41. The summed E-state index contributed by atoms with van der Waals surface area (Å²) in [5.74, 6) is 0.0420. The van der Waals surface area contributed by atoms with Gasteiger partial charge in [0.05, 0.1) is 12.3 Å². The number of aromatic nitrogens is 5. The monoisotopic (exact) mass is 405 g/mol. The van der Waals surface area contributed by atoms with E-state index in [4.69, 9.17) is 0 Å². The van der Waals surface area contributed by atoms with E-state index in [1.807, 2.05) is 13.1 Å². The van der Waals surface area contributed by atoms with Crippen LogP contribution in [0.3, 0.4) is 0 Å². The summed E-state index contributed by atoms with van der Waals surface area (Å²) < 4.78 is 31.6. The number of rotatable bonds is 8. The van der Waals surface area contributed by atoms with Gasteiger partial charge in [0.25, 0.3) is 0 Å². The number of aliphatic hydroxyl groups is 1. The number of halogens is 2. The molecule has 1 N–H and O–H groups in total. The zero-order valence-corrected chi connectivity index (χ0v) is 16.2. The number of benzene rings is 1. The average Bonchev–Trinajstić information content (AvgIpc) is 3.17. The first-order valence-corrected chi connectivity index (χ1v) is 10.2. The molecule has 0 amide bonds. The minimum atomic E-state index is -1.60. The van der Waals surface area contributed by atoms with Crippen molar-refractivity contribution in [3.63, 3.8) is 0 Å². The lowest BCUT2D eigenvalue weighted by Gasteiger charge is -2.34. The first kappa shape index (κ1) is 19.1. The minimum Gasteiger partial charge on any atom is -0.382 e. The minimum absolute atomic E-state index is 0.000778. The van der Waals surface area contributed by atoms with E-state index in [0.29, 0.717) is 11.8 Å². The van der Waals surface area contributed by atoms with Crippen molar-refractivity contribution in [2.24, 2.45) is 0 Å². The fourth-order valence-electron chi connectivity index (χ4n) is 3.31. The summed E-state index contributed by atoms with van der Waals surface area (Å²) in [5, 5.41) is 15.1. The van der Waals surface area contributed by atoms with Crippen molar-refractivity contribution in [1.82, 2.24) is 24.3 Å². The molecule has 1 saturated carbocycles. The molecule has 1 fully saturated rings. The van der Waals surface area contributed by atoms with Gasteiger partial charge in [-0.3, -0.25) is 0 Å². The van der Waals surface area contributed by atoms with E-state index in [2.05, 4.69) is 19.6 Å². The topological polar surface area (TPSA) is 68.8 Å². The van der Waals surface area contributed by atoms with Crippen LogP contribution in [0.4, 0.5) is 8.78 Å². The SMILES string of the molecule is C[C@@H](SCc1nccn1C1CC1)[C@](O)(Cn1cncn1)c1ccc(F)cc1F. The molecule has 9 heteroatoms. The lowest BCUT2D eigenvalue weighted by atomic mass is 9.90. The molecule has 0 unspecified atom stereocenters. The van der Waals surface area contributed by atoms with Crippen molar-refractivity contribution in [3.05, 3.63) is 66.3 Å². The van der Waals surface area contributed by atoms with Crippen LogP contribution in [0.2, 0.25) is 0 Å². The van der Waals surface area contributed by atoms with Gasteiger partial charge in [0.2, 0.25) is 0 Å². The van der Waals surface area contributed by atoms with E-state index in [-0.39, 0.29) is 12.1 Å². The Hall–Kier alpha value is -2.26. The highest BCUT2D eigenvalue weighted by Gasteiger charge is 2.39. The molecule has 2 atom stereocenters. The van der Waals surface area contributed by atoms with Gasteiger partial charge in [0.1, 0.15) is 35.7 Å². The molecule has 1 aliphatic rings. The zero-order chi connectivity index (χ0) is 19.7. The van der Waals surface area contributed by atoms with Crippen molar-refractivity contribution in [2.75, 3.05) is 0 Å². The van der Waals surface area contributed by atoms with E-state index in [9.17, 15) is 13.9 Å². The van der Waals surface area contributed by atoms with Crippen LogP contribution >= 0.6 is 11.8 Å². The Labute approximate surface area is 165 Å². The zero-order valence-electron chi connectivity index (χ0n) is 15.4. The molecular weight excluding hydrogens is 384 g/mol. The van der Waals surface area contributed by atoms with Crippen LogP contribution in [0.1, 0.15) is 37.2 Å². The molecule has 2 heterocycles. The van der Waals surface area contributed by atoms with Crippen LogP contribution < -0.4 is 0 Å². The number of nitrogens with zero attached hydrogens (tertiary/aromatic N) is 5. The standard InChI is InChI=1S/C19H21F2N5OS/c1-13(28-9-18-23-6-7-26(18)15-3-4-15)19(27,10-25-12-22-11-24-25)16-5-2-14(20)8-17(16)21/h2,5-8,11-13,15,27H,3-4,9-10H2,1H3/t13-,19-/m1/s1. The largest absolute Gasteiger partial charge is 0.382 e. The van der Waals surface area contributed by atoms with E-state index >= 15 is 0 Å². The second-order valence-electron chi connectivity index (χ2n) is 7.08. The van der Waals surface area contributed by atoms with Gasteiger partial charge in [-0.15, -0.1) is 11.8 Å². The highest BCUT2D eigenvalue weighted by molar-refractivity contribution is 7.99. The maximum absolute atomic E-state index is 14.6. The van der Waals surface area contributed by atoms with E-state index in [1.165, 1.54) is 35.2 Å². The van der Waals surface area contributed by atoms with Gasteiger partial charge < -0.3 is 9.67 Å². The van der Waals surface area contributed by atoms with Gasteiger partial charge in [-0.05, 0) is 18.9 Å². The predicted octanol–water partition coefficient (Wildman–Crippen LogP) is 3.30. The lowest BCUT2D eigenvalue weighted by Crippen LogP contribution is -2.41. The molecule has 0 bridgehead atoms. The molecule has 1 aromatic carbocycles. The molecule has 4 rings (SSSR count). The van der Waals surface area contributed by atoms with Gasteiger partial charge in [-0.1, -0.05) is 13.0 Å². The van der Waals surface area contributed by atoms with Crippen molar-refractivity contribution < 1.29 is 13.9 Å². The number of imidazole rings is 1. The number of hydrogen-bond donors (Lipinski definition) is 1. The van der Waals surface area contributed by atoms with Crippen molar-refractivity contribution in [1.29, 1.82) is 0 Å². The molecule has 3 aromatic rings. The Morgan fingerprint density at radius 1 is 1.36 bits per heavy atom. The van der Waals surface area contributed by atoms with Crippen LogP contribution in [0.15, 0.2) is 43.2 Å². The Morgan fingerprint density at radius 3 is 2.86 bits per heavy atom. The molecule has 0 spiro atoms. The molecule has 1 aliphatic carbocycles. The summed E-state index contributed by atoms with van der Waals surface area (Å²) in [6, 6.07) is 3.75. The van der Waals surface area contributed by atoms with Gasteiger partial charge in [-0.25, -0.2) is 23.4 Å². The molecule has 0 saturated heterocycles. The van der Waals surface area contributed by atoms with Crippen molar-refractivity contribution in [2.45, 2.75) is 49.0 Å². The maximum atomic E-state index is 14.6. The quantitative estimate of drug-likeness (QED) is 0.623. The van der Waals surface area contributed by atoms with E-state index in [1.54, 1.807) is 6.20 Å². The third kappa shape index (κ3) is 3.81. The predicted molar refractivity (Wildman–Crippen MR) is 102 cm³/mol. The van der Waals surface area contributed by atoms with Gasteiger partial charge >= 0.3 is 0 Å². The Balaban J connectivity index is 1.59. The van der Waals surface area contributed by atoms with Crippen LogP contribution in [-0.4, -0.2) is 34.7 Å². The van der Waals surface area contributed by atoms with E-state index < -0.39 is 22.5 Å². The Morgan fingerprint density at radius 2 is 2.18 bits per heavy atom. The van der Waals surface area contributed by atoms with Crippen LogP contribution in [-0.2, 0) is 17.9 Å². The smallest absolute Gasteiger partial charge is 0.137 e. The van der Waals surface area contributed by atoms with Crippen molar-refractivity contribution >= 4 is 11.8 Å². The third-order valence-electron chi connectivity index (χ3n) is 5.09. The molecule has 148 valence electrons. The number of hydrogen-bond acceptors (Lipinski definition) is 5. The highest BCUT2D eigenvalue weighted by atomic mass is 32.2. The lowest BCUT2D eigenvalue weighted by molar-refractivity contribution is 0.0133. The summed E-state index contributed by atoms with van der Waals surface area (Å²) in [5.41, 5.74) is -1.57. The molecule has 2 aromatic heterocycles. The van der Waals surface area contributed by atoms with E-state index in [0.717, 1.165) is 30.8 Å². The summed E-state index contributed by atoms with van der Waals surface area (Å²) >= 11 is 1.47.